The van der Waals surface area contributed by atoms with E-state index in [-0.39, 0.29) is 12.5 Å². The van der Waals surface area contributed by atoms with Crippen LogP contribution in [0.5, 0.6) is 5.75 Å². The van der Waals surface area contributed by atoms with Crippen LogP contribution in [0.1, 0.15) is 17.0 Å². The Morgan fingerprint density at radius 2 is 2.04 bits per heavy atom. The highest BCUT2D eigenvalue weighted by molar-refractivity contribution is 5.78. The second-order valence-electron chi connectivity index (χ2n) is 5.37. The Kier molecular flexibility index (Phi) is 4.28. The molecule has 118 valence electrons. The van der Waals surface area contributed by atoms with Crippen molar-refractivity contribution < 1.29 is 13.9 Å². The lowest BCUT2D eigenvalue weighted by Gasteiger charge is -2.09. The van der Waals surface area contributed by atoms with Crippen molar-refractivity contribution in [3.63, 3.8) is 0 Å². The standard InChI is InChI=1S/C18H18N2O3/c1-12-5-3-4-6-16(12)22-11-18(21)19-10-14-7-8-17-15(9-14)20-13(2)23-17/h3-9H,10-11H2,1-2H3,(H,19,21). The lowest BCUT2D eigenvalue weighted by atomic mass is 10.2. The number of hydrogen-bond acceptors (Lipinski definition) is 4. The summed E-state index contributed by atoms with van der Waals surface area (Å²) in [5, 5.41) is 2.84. The zero-order valence-electron chi connectivity index (χ0n) is 13.1. The zero-order chi connectivity index (χ0) is 16.2. The number of benzene rings is 2. The highest BCUT2D eigenvalue weighted by Crippen LogP contribution is 2.17. The Morgan fingerprint density at radius 1 is 1.22 bits per heavy atom. The fourth-order valence-electron chi connectivity index (χ4n) is 2.31. The van der Waals surface area contributed by atoms with Crippen LogP contribution in [-0.4, -0.2) is 17.5 Å². The van der Waals surface area contributed by atoms with Crippen LogP contribution in [0.2, 0.25) is 0 Å². The molecule has 1 heterocycles. The van der Waals surface area contributed by atoms with Gasteiger partial charge in [0.2, 0.25) is 0 Å². The van der Waals surface area contributed by atoms with Gasteiger partial charge in [-0.15, -0.1) is 0 Å². The first-order chi connectivity index (χ1) is 11.1. The summed E-state index contributed by atoms with van der Waals surface area (Å²) in [6.07, 6.45) is 0. The first-order valence-electron chi connectivity index (χ1n) is 7.43. The van der Waals surface area contributed by atoms with E-state index in [0.717, 1.165) is 28.0 Å². The van der Waals surface area contributed by atoms with Gasteiger partial charge < -0.3 is 14.5 Å². The molecule has 0 bridgehead atoms. The topological polar surface area (TPSA) is 64.4 Å². The molecule has 0 aliphatic carbocycles. The Morgan fingerprint density at radius 3 is 2.87 bits per heavy atom. The predicted octanol–water partition coefficient (Wildman–Crippen LogP) is 3.14. The number of carbonyl (C=O) groups is 1. The van der Waals surface area contributed by atoms with Gasteiger partial charge in [0, 0.05) is 13.5 Å². The lowest BCUT2D eigenvalue weighted by molar-refractivity contribution is -0.123. The highest BCUT2D eigenvalue weighted by atomic mass is 16.5. The molecule has 0 saturated heterocycles. The van der Waals surface area contributed by atoms with Crippen LogP contribution in [-0.2, 0) is 11.3 Å². The van der Waals surface area contributed by atoms with E-state index >= 15 is 0 Å². The first-order valence-corrected chi connectivity index (χ1v) is 7.43. The molecule has 0 aliphatic rings. The number of para-hydroxylation sites is 1. The first kappa shape index (κ1) is 15.1. The van der Waals surface area contributed by atoms with Gasteiger partial charge in [0.1, 0.15) is 11.3 Å². The Bertz CT molecular complexity index is 839. The van der Waals surface area contributed by atoms with Crippen LogP contribution in [0.3, 0.4) is 0 Å². The van der Waals surface area contributed by atoms with Crippen LogP contribution >= 0.6 is 0 Å². The van der Waals surface area contributed by atoms with Crippen molar-refractivity contribution in [2.75, 3.05) is 6.61 Å². The van der Waals surface area contributed by atoms with E-state index < -0.39 is 0 Å². The minimum atomic E-state index is -0.162. The number of amides is 1. The largest absolute Gasteiger partial charge is 0.484 e. The summed E-state index contributed by atoms with van der Waals surface area (Å²) in [5.41, 5.74) is 3.52. The molecule has 1 N–H and O–H groups in total. The molecular weight excluding hydrogens is 292 g/mol. The molecule has 3 aromatic rings. The van der Waals surface area contributed by atoms with Crippen molar-refractivity contribution in [1.82, 2.24) is 10.3 Å². The average Bonchev–Trinajstić information content (AvgIpc) is 2.91. The molecule has 0 aliphatic heterocycles. The lowest BCUT2D eigenvalue weighted by Crippen LogP contribution is -2.28. The van der Waals surface area contributed by atoms with Gasteiger partial charge in [-0.1, -0.05) is 24.3 Å². The Hall–Kier alpha value is -2.82. The van der Waals surface area contributed by atoms with Gasteiger partial charge in [-0.3, -0.25) is 4.79 Å². The second kappa shape index (κ2) is 6.52. The molecule has 5 nitrogen and oxygen atoms in total. The van der Waals surface area contributed by atoms with Gasteiger partial charge in [0.05, 0.1) is 0 Å². The minimum absolute atomic E-state index is 0.00380. The monoisotopic (exact) mass is 310 g/mol. The summed E-state index contributed by atoms with van der Waals surface area (Å²) in [5.74, 6) is 1.19. The van der Waals surface area contributed by atoms with Crippen molar-refractivity contribution in [1.29, 1.82) is 0 Å². The van der Waals surface area contributed by atoms with E-state index in [2.05, 4.69) is 10.3 Å². The summed E-state index contributed by atoms with van der Waals surface area (Å²) in [6, 6.07) is 13.3. The molecule has 0 atom stereocenters. The molecule has 0 saturated carbocycles. The fraction of sp³-hybridized carbons (Fsp3) is 0.222. The quantitative estimate of drug-likeness (QED) is 0.786. The molecule has 5 heteroatoms. The van der Waals surface area contributed by atoms with E-state index in [1.54, 1.807) is 0 Å². The third-order valence-electron chi connectivity index (χ3n) is 3.50. The maximum atomic E-state index is 11.9. The van der Waals surface area contributed by atoms with Crippen LogP contribution < -0.4 is 10.1 Å². The number of hydrogen-bond donors (Lipinski definition) is 1. The predicted molar refractivity (Wildman–Crippen MR) is 87.3 cm³/mol. The summed E-state index contributed by atoms with van der Waals surface area (Å²) >= 11 is 0. The second-order valence-corrected chi connectivity index (χ2v) is 5.37. The van der Waals surface area contributed by atoms with E-state index in [4.69, 9.17) is 9.15 Å². The Labute approximate surface area is 134 Å². The highest BCUT2D eigenvalue weighted by Gasteiger charge is 2.06. The summed E-state index contributed by atoms with van der Waals surface area (Å²) in [7, 11) is 0. The molecule has 1 amide bonds. The molecule has 0 unspecified atom stereocenters. The van der Waals surface area contributed by atoms with Crippen molar-refractivity contribution >= 4 is 17.0 Å². The summed E-state index contributed by atoms with van der Waals surface area (Å²) in [4.78, 5) is 16.2. The van der Waals surface area contributed by atoms with Crippen LogP contribution in [0.4, 0.5) is 0 Å². The van der Waals surface area contributed by atoms with E-state index in [0.29, 0.717) is 12.4 Å². The summed E-state index contributed by atoms with van der Waals surface area (Å²) in [6.45, 7) is 4.18. The third-order valence-corrected chi connectivity index (χ3v) is 3.50. The number of aromatic nitrogens is 1. The fourth-order valence-corrected chi connectivity index (χ4v) is 2.31. The van der Waals surface area contributed by atoms with Crippen molar-refractivity contribution in [2.24, 2.45) is 0 Å². The van der Waals surface area contributed by atoms with Gasteiger partial charge >= 0.3 is 0 Å². The van der Waals surface area contributed by atoms with Crippen molar-refractivity contribution in [3.8, 4) is 5.75 Å². The average molecular weight is 310 g/mol. The van der Waals surface area contributed by atoms with Gasteiger partial charge in [-0.05, 0) is 36.2 Å². The minimum Gasteiger partial charge on any atom is -0.484 e. The van der Waals surface area contributed by atoms with E-state index in [1.807, 2.05) is 56.3 Å². The number of aryl methyl sites for hydroxylation is 2. The number of rotatable bonds is 5. The number of nitrogens with one attached hydrogen (secondary N) is 1. The Balaban J connectivity index is 1.54. The molecule has 23 heavy (non-hydrogen) atoms. The van der Waals surface area contributed by atoms with Crippen LogP contribution in [0.15, 0.2) is 46.9 Å². The van der Waals surface area contributed by atoms with E-state index in [9.17, 15) is 4.79 Å². The maximum absolute atomic E-state index is 11.9. The van der Waals surface area contributed by atoms with E-state index in [1.165, 1.54) is 0 Å². The van der Waals surface area contributed by atoms with Gasteiger partial charge in [-0.25, -0.2) is 4.98 Å². The summed E-state index contributed by atoms with van der Waals surface area (Å²) < 4.78 is 10.9. The van der Waals surface area contributed by atoms with Gasteiger partial charge in [0.15, 0.2) is 18.1 Å². The number of nitrogens with zero attached hydrogens (tertiary/aromatic N) is 1. The smallest absolute Gasteiger partial charge is 0.258 e. The van der Waals surface area contributed by atoms with Crippen LogP contribution in [0.25, 0.3) is 11.1 Å². The number of oxazole rings is 1. The SMILES string of the molecule is Cc1nc2cc(CNC(=O)COc3ccccc3C)ccc2o1. The molecule has 0 radical (unpaired) electrons. The van der Waals surface area contributed by atoms with Gasteiger partial charge in [-0.2, -0.15) is 0 Å². The molecular formula is C18H18N2O3. The number of ether oxygens (including phenoxy) is 1. The maximum Gasteiger partial charge on any atom is 0.258 e. The normalized spacial score (nSPS) is 10.7. The molecule has 2 aromatic carbocycles. The number of carbonyl (C=O) groups excluding carboxylic acids is 1. The van der Waals surface area contributed by atoms with Crippen molar-refractivity contribution in [3.05, 3.63) is 59.5 Å². The van der Waals surface area contributed by atoms with Crippen molar-refractivity contribution in [2.45, 2.75) is 20.4 Å². The molecule has 3 rings (SSSR count). The van der Waals surface area contributed by atoms with Crippen LogP contribution in [0, 0.1) is 13.8 Å². The van der Waals surface area contributed by atoms with Gasteiger partial charge in [0.25, 0.3) is 5.91 Å². The third kappa shape index (κ3) is 3.69. The molecule has 1 aromatic heterocycles. The molecule has 0 fully saturated rings. The zero-order valence-corrected chi connectivity index (χ0v) is 13.1. The number of fused-ring (bicyclic) bond motifs is 1. The molecule has 0 spiro atoms.